The van der Waals surface area contributed by atoms with Gasteiger partial charge in [-0.15, -0.1) is 0 Å². The first-order valence-electron chi connectivity index (χ1n) is 7.10. The molecule has 0 bridgehead atoms. The highest BCUT2D eigenvalue weighted by atomic mass is 16.3. The number of phenols is 1. The minimum Gasteiger partial charge on any atom is -0.508 e. The highest BCUT2D eigenvalue weighted by molar-refractivity contribution is 5.57. The molecule has 0 aliphatic rings. The average Bonchev–Trinajstić information content (AvgIpc) is 2.42. The molecule has 0 aliphatic carbocycles. The zero-order valence-corrected chi connectivity index (χ0v) is 12.6. The van der Waals surface area contributed by atoms with Crippen LogP contribution in [0.15, 0.2) is 42.5 Å². The van der Waals surface area contributed by atoms with Crippen molar-refractivity contribution in [3.8, 4) is 5.75 Å². The van der Waals surface area contributed by atoms with Crippen LogP contribution in [0, 0.1) is 19.8 Å². The van der Waals surface area contributed by atoms with Gasteiger partial charge in [0.05, 0.1) is 6.04 Å². The van der Waals surface area contributed by atoms with Crippen LogP contribution in [0.1, 0.15) is 36.6 Å². The molecule has 2 aromatic carbocycles. The van der Waals surface area contributed by atoms with Crippen molar-refractivity contribution in [3.63, 3.8) is 0 Å². The number of anilines is 1. The van der Waals surface area contributed by atoms with Crippen LogP contribution in [-0.2, 0) is 0 Å². The number of aromatic hydroxyl groups is 1. The first kappa shape index (κ1) is 14.4. The lowest BCUT2D eigenvalue weighted by atomic mass is 9.95. The van der Waals surface area contributed by atoms with Crippen molar-refractivity contribution in [3.05, 3.63) is 59.2 Å². The molecule has 106 valence electrons. The monoisotopic (exact) mass is 269 g/mol. The van der Waals surface area contributed by atoms with E-state index in [0.717, 1.165) is 16.8 Å². The minimum absolute atomic E-state index is 0.263. The Labute approximate surface area is 121 Å². The van der Waals surface area contributed by atoms with E-state index in [1.165, 1.54) is 5.56 Å². The largest absolute Gasteiger partial charge is 0.508 e. The van der Waals surface area contributed by atoms with Crippen molar-refractivity contribution in [2.75, 3.05) is 5.32 Å². The molecule has 20 heavy (non-hydrogen) atoms. The Bertz CT molecular complexity index is 575. The molecule has 1 atom stereocenters. The topological polar surface area (TPSA) is 32.3 Å². The minimum atomic E-state index is 0.263. The summed E-state index contributed by atoms with van der Waals surface area (Å²) < 4.78 is 0. The van der Waals surface area contributed by atoms with Crippen molar-refractivity contribution in [1.82, 2.24) is 0 Å². The molecule has 0 aromatic heterocycles. The molecule has 2 heteroatoms. The second-order valence-corrected chi connectivity index (χ2v) is 5.73. The van der Waals surface area contributed by atoms with Crippen LogP contribution in [-0.4, -0.2) is 5.11 Å². The lowest BCUT2D eigenvalue weighted by Gasteiger charge is -2.25. The molecule has 0 fully saturated rings. The zero-order valence-electron chi connectivity index (χ0n) is 12.6. The third kappa shape index (κ3) is 3.13. The second-order valence-electron chi connectivity index (χ2n) is 5.73. The van der Waals surface area contributed by atoms with Crippen LogP contribution in [0.25, 0.3) is 0 Å². The Morgan fingerprint density at radius 3 is 2.20 bits per heavy atom. The fourth-order valence-electron chi connectivity index (χ4n) is 2.42. The summed E-state index contributed by atoms with van der Waals surface area (Å²) in [4.78, 5) is 0. The van der Waals surface area contributed by atoms with Crippen LogP contribution >= 0.6 is 0 Å². The van der Waals surface area contributed by atoms with E-state index < -0.39 is 0 Å². The van der Waals surface area contributed by atoms with Gasteiger partial charge < -0.3 is 10.4 Å². The molecule has 1 unspecified atom stereocenters. The fourth-order valence-corrected chi connectivity index (χ4v) is 2.42. The summed E-state index contributed by atoms with van der Waals surface area (Å²) in [6.45, 7) is 8.37. The lowest BCUT2D eigenvalue weighted by molar-refractivity contribution is 0.470. The van der Waals surface area contributed by atoms with Gasteiger partial charge in [-0.25, -0.2) is 0 Å². The summed E-state index contributed by atoms with van der Waals surface area (Å²) in [5.41, 5.74) is 4.33. The molecule has 0 saturated heterocycles. The van der Waals surface area contributed by atoms with Crippen LogP contribution in [0.5, 0.6) is 5.75 Å². The van der Waals surface area contributed by atoms with E-state index in [0.29, 0.717) is 11.7 Å². The number of phenolic OH excluding ortho intramolecular Hbond substituents is 1. The normalized spacial score (nSPS) is 12.4. The molecule has 0 amide bonds. The van der Waals surface area contributed by atoms with E-state index in [9.17, 15) is 5.11 Å². The van der Waals surface area contributed by atoms with E-state index in [4.69, 9.17) is 0 Å². The highest BCUT2D eigenvalue weighted by Crippen LogP contribution is 2.31. The van der Waals surface area contributed by atoms with Crippen molar-refractivity contribution < 1.29 is 5.11 Å². The predicted molar refractivity (Wildman–Crippen MR) is 85.2 cm³/mol. The number of aryl methyl sites for hydroxylation is 2. The quantitative estimate of drug-likeness (QED) is 0.780. The van der Waals surface area contributed by atoms with Gasteiger partial charge in [0.1, 0.15) is 5.75 Å². The van der Waals surface area contributed by atoms with Gasteiger partial charge in [0.2, 0.25) is 0 Å². The molecular formula is C18H23NO. The molecular weight excluding hydrogens is 246 g/mol. The van der Waals surface area contributed by atoms with Gasteiger partial charge in [-0.3, -0.25) is 0 Å². The first-order chi connectivity index (χ1) is 9.49. The van der Waals surface area contributed by atoms with E-state index in [1.807, 2.05) is 32.0 Å². The molecule has 2 aromatic rings. The molecule has 0 heterocycles. The fraction of sp³-hybridized carbons (Fsp3) is 0.333. The Morgan fingerprint density at radius 2 is 1.60 bits per heavy atom. The Kier molecular flexibility index (Phi) is 4.33. The van der Waals surface area contributed by atoms with E-state index in [-0.39, 0.29) is 6.04 Å². The van der Waals surface area contributed by atoms with Crippen LogP contribution in [0.3, 0.4) is 0 Å². The maximum absolute atomic E-state index is 9.76. The Balaban J connectivity index is 2.32. The lowest BCUT2D eigenvalue weighted by Crippen LogP contribution is -2.17. The third-order valence-electron chi connectivity index (χ3n) is 3.68. The average molecular weight is 269 g/mol. The van der Waals surface area contributed by atoms with Gasteiger partial charge in [0, 0.05) is 5.69 Å². The zero-order chi connectivity index (χ0) is 14.7. The van der Waals surface area contributed by atoms with Crippen molar-refractivity contribution in [1.29, 1.82) is 0 Å². The third-order valence-corrected chi connectivity index (χ3v) is 3.68. The van der Waals surface area contributed by atoms with E-state index >= 15 is 0 Å². The van der Waals surface area contributed by atoms with Crippen molar-refractivity contribution in [2.24, 2.45) is 5.92 Å². The van der Waals surface area contributed by atoms with E-state index in [1.54, 1.807) is 0 Å². The molecule has 2 rings (SSSR count). The molecule has 0 aliphatic heterocycles. The maximum Gasteiger partial charge on any atom is 0.118 e. The van der Waals surface area contributed by atoms with Crippen LogP contribution < -0.4 is 5.32 Å². The molecule has 2 N–H and O–H groups in total. The molecule has 0 spiro atoms. The van der Waals surface area contributed by atoms with Gasteiger partial charge in [0.25, 0.3) is 0 Å². The smallest absolute Gasteiger partial charge is 0.118 e. The molecule has 2 nitrogen and oxygen atoms in total. The van der Waals surface area contributed by atoms with Crippen molar-refractivity contribution in [2.45, 2.75) is 33.7 Å². The second kappa shape index (κ2) is 6.00. The Morgan fingerprint density at radius 1 is 0.950 bits per heavy atom. The summed E-state index contributed by atoms with van der Waals surface area (Å²) in [7, 11) is 0. The number of benzene rings is 2. The van der Waals surface area contributed by atoms with Gasteiger partial charge in [-0.2, -0.15) is 0 Å². The van der Waals surface area contributed by atoms with Crippen LogP contribution in [0.4, 0.5) is 5.69 Å². The SMILES string of the molecule is Cc1cc(NC(c2ccccc2)C(C)C)c(C)cc1O. The summed E-state index contributed by atoms with van der Waals surface area (Å²) in [5.74, 6) is 0.833. The standard InChI is InChI=1S/C18H23NO/c1-12(2)18(15-8-6-5-7-9-15)19-16-10-14(4)17(20)11-13(16)3/h5-12,18-20H,1-4H3. The predicted octanol–water partition coefficient (Wildman–Crippen LogP) is 4.82. The number of hydrogen-bond acceptors (Lipinski definition) is 2. The van der Waals surface area contributed by atoms with Gasteiger partial charge in [0.15, 0.2) is 0 Å². The highest BCUT2D eigenvalue weighted by Gasteiger charge is 2.16. The first-order valence-corrected chi connectivity index (χ1v) is 7.10. The molecule has 0 radical (unpaired) electrons. The van der Waals surface area contributed by atoms with Gasteiger partial charge in [-0.05, 0) is 48.6 Å². The summed E-state index contributed by atoms with van der Waals surface area (Å²) in [5, 5.41) is 13.4. The number of rotatable bonds is 4. The van der Waals surface area contributed by atoms with Crippen LogP contribution in [0.2, 0.25) is 0 Å². The summed E-state index contributed by atoms with van der Waals surface area (Å²) in [6, 6.07) is 14.6. The van der Waals surface area contributed by atoms with E-state index in [2.05, 4.69) is 43.4 Å². The molecule has 0 saturated carbocycles. The number of hydrogen-bond donors (Lipinski definition) is 2. The van der Waals surface area contributed by atoms with Gasteiger partial charge in [-0.1, -0.05) is 44.2 Å². The summed E-state index contributed by atoms with van der Waals surface area (Å²) >= 11 is 0. The summed E-state index contributed by atoms with van der Waals surface area (Å²) in [6.07, 6.45) is 0. The van der Waals surface area contributed by atoms with Gasteiger partial charge >= 0.3 is 0 Å². The van der Waals surface area contributed by atoms with Crippen molar-refractivity contribution >= 4 is 5.69 Å². The maximum atomic E-state index is 9.76. The Hall–Kier alpha value is -1.96. The number of nitrogens with one attached hydrogen (secondary N) is 1.